The van der Waals surface area contributed by atoms with Crippen molar-refractivity contribution >= 4 is 34.5 Å². The predicted molar refractivity (Wildman–Crippen MR) is 169 cm³/mol. The molecule has 1 aromatic heterocycles. The van der Waals surface area contributed by atoms with Gasteiger partial charge in [0.15, 0.2) is 0 Å². The van der Waals surface area contributed by atoms with Crippen molar-refractivity contribution in [3.05, 3.63) is 71.7 Å². The third-order valence-corrected chi connectivity index (χ3v) is 7.90. The number of aromatic nitrogens is 2. The molecule has 1 saturated heterocycles. The van der Waals surface area contributed by atoms with E-state index in [-0.39, 0.29) is 23.9 Å². The van der Waals surface area contributed by atoms with Crippen LogP contribution in [-0.4, -0.2) is 65.3 Å². The topological polar surface area (TPSA) is 115 Å². The number of hydrogen-bond acceptors (Lipinski definition) is 8. The Kier molecular flexibility index (Phi) is 8.18. The molecule has 0 spiro atoms. The second kappa shape index (κ2) is 12.2. The molecule has 0 bridgehead atoms. The summed E-state index contributed by atoms with van der Waals surface area (Å²) in [5.74, 6) is 0.799. The Labute approximate surface area is 260 Å². The fourth-order valence-electron chi connectivity index (χ4n) is 5.74. The Hall–Kier alpha value is -4.93. The van der Waals surface area contributed by atoms with E-state index in [1.807, 2.05) is 39.0 Å². The highest BCUT2D eigenvalue weighted by molar-refractivity contribution is 5.98. The SMILES string of the molecule is COc1cc(F)ccc1-c1cccc2cnc(Nc3ccc(C(=O)NC4CCN(C(=O)OC(C)(C)C)CC4)c4c3OCC4)nc12. The van der Waals surface area contributed by atoms with Crippen molar-refractivity contribution in [1.29, 1.82) is 0 Å². The summed E-state index contributed by atoms with van der Waals surface area (Å²) >= 11 is 0. The molecule has 3 aromatic carbocycles. The van der Waals surface area contributed by atoms with Gasteiger partial charge in [-0.1, -0.05) is 18.2 Å². The number of carbonyl (C=O) groups excluding carboxylic acids is 2. The zero-order valence-electron chi connectivity index (χ0n) is 25.8. The normalized spacial score (nSPS) is 14.9. The third-order valence-electron chi connectivity index (χ3n) is 7.90. The van der Waals surface area contributed by atoms with Crippen LogP contribution < -0.4 is 20.1 Å². The lowest BCUT2D eigenvalue weighted by Gasteiger charge is -2.33. The van der Waals surface area contributed by atoms with Crippen LogP contribution in [0.3, 0.4) is 0 Å². The smallest absolute Gasteiger partial charge is 0.410 e. The number of benzene rings is 3. The fraction of sp³-hybridized carbons (Fsp3) is 0.353. The molecule has 0 atom stereocenters. The molecule has 2 amide bonds. The summed E-state index contributed by atoms with van der Waals surface area (Å²) in [6, 6.07) is 13.7. The van der Waals surface area contributed by atoms with Gasteiger partial charge in [-0.15, -0.1) is 0 Å². The lowest BCUT2D eigenvalue weighted by Crippen LogP contribution is -2.47. The first-order chi connectivity index (χ1) is 21.6. The van der Waals surface area contributed by atoms with Crippen LogP contribution in [0.2, 0.25) is 0 Å². The predicted octanol–water partition coefficient (Wildman–Crippen LogP) is 6.25. The summed E-state index contributed by atoms with van der Waals surface area (Å²) in [6.07, 6.45) is 3.29. The number of amides is 2. The molecule has 10 nitrogen and oxygen atoms in total. The summed E-state index contributed by atoms with van der Waals surface area (Å²) in [6.45, 7) is 7.03. The second-order valence-corrected chi connectivity index (χ2v) is 12.2. The van der Waals surface area contributed by atoms with E-state index in [4.69, 9.17) is 19.2 Å². The first-order valence-corrected chi connectivity index (χ1v) is 15.0. The Morgan fingerprint density at radius 1 is 1.07 bits per heavy atom. The minimum Gasteiger partial charge on any atom is -0.496 e. The van der Waals surface area contributed by atoms with Crippen LogP contribution in [0.25, 0.3) is 22.0 Å². The number of ether oxygens (including phenoxy) is 3. The van der Waals surface area contributed by atoms with Gasteiger partial charge in [-0.2, -0.15) is 0 Å². The number of rotatable bonds is 6. The number of para-hydroxylation sites is 1. The Morgan fingerprint density at radius 3 is 2.62 bits per heavy atom. The van der Waals surface area contributed by atoms with Crippen molar-refractivity contribution in [3.63, 3.8) is 0 Å². The van der Waals surface area contributed by atoms with Gasteiger partial charge in [-0.05, 0) is 57.9 Å². The van der Waals surface area contributed by atoms with Crippen molar-refractivity contribution in [1.82, 2.24) is 20.2 Å². The molecule has 2 aliphatic rings. The highest BCUT2D eigenvalue weighted by Crippen LogP contribution is 2.39. The van der Waals surface area contributed by atoms with E-state index in [0.29, 0.717) is 78.7 Å². The van der Waals surface area contributed by atoms with E-state index >= 15 is 0 Å². The molecule has 11 heteroatoms. The average molecular weight is 614 g/mol. The van der Waals surface area contributed by atoms with Crippen LogP contribution in [0, 0.1) is 5.82 Å². The Bertz CT molecular complexity index is 1760. The maximum absolute atomic E-state index is 13.9. The van der Waals surface area contributed by atoms with Crippen molar-refractivity contribution in [2.24, 2.45) is 0 Å². The number of nitrogens with zero attached hydrogens (tertiary/aromatic N) is 3. The summed E-state index contributed by atoms with van der Waals surface area (Å²) in [5.41, 5.74) is 3.65. The number of halogens is 1. The Balaban J connectivity index is 1.19. The molecule has 0 aliphatic carbocycles. The minimum atomic E-state index is -0.549. The second-order valence-electron chi connectivity index (χ2n) is 12.2. The van der Waals surface area contributed by atoms with E-state index < -0.39 is 5.60 Å². The van der Waals surface area contributed by atoms with Crippen molar-refractivity contribution < 1.29 is 28.2 Å². The van der Waals surface area contributed by atoms with Gasteiger partial charge in [0.2, 0.25) is 5.95 Å². The monoisotopic (exact) mass is 613 g/mol. The lowest BCUT2D eigenvalue weighted by atomic mass is 10.0. The van der Waals surface area contributed by atoms with Crippen molar-refractivity contribution in [2.75, 3.05) is 32.1 Å². The zero-order valence-corrected chi connectivity index (χ0v) is 25.8. The molecule has 2 aliphatic heterocycles. The minimum absolute atomic E-state index is 0.0492. The summed E-state index contributed by atoms with van der Waals surface area (Å²) in [4.78, 5) is 36.8. The quantitative estimate of drug-likeness (QED) is 0.262. The molecule has 0 radical (unpaired) electrons. The highest BCUT2D eigenvalue weighted by atomic mass is 19.1. The van der Waals surface area contributed by atoms with E-state index in [1.165, 1.54) is 19.2 Å². The highest BCUT2D eigenvalue weighted by Gasteiger charge is 2.29. The van der Waals surface area contributed by atoms with Crippen LogP contribution in [0.5, 0.6) is 11.5 Å². The maximum atomic E-state index is 13.9. The van der Waals surface area contributed by atoms with Crippen LogP contribution in [-0.2, 0) is 11.2 Å². The van der Waals surface area contributed by atoms with Crippen molar-refractivity contribution in [2.45, 2.75) is 51.7 Å². The van der Waals surface area contributed by atoms with Gasteiger partial charge in [0.05, 0.1) is 24.9 Å². The molecular weight excluding hydrogens is 577 g/mol. The van der Waals surface area contributed by atoms with E-state index in [1.54, 1.807) is 29.3 Å². The standard InChI is InChI=1S/C34H36FN5O5/c1-34(2,3)45-33(42)40-15-12-22(13-16-40)37-31(41)26-10-11-27(30-25(26)14-17-44-30)38-32-36-19-20-6-5-7-24(29(20)39-32)23-9-8-21(35)18-28(23)43-4/h5-11,18-19,22H,12-17H2,1-4H3,(H,37,41)(H,36,38,39). The molecule has 234 valence electrons. The molecule has 2 N–H and O–H groups in total. The van der Waals surface area contributed by atoms with E-state index in [9.17, 15) is 14.0 Å². The summed E-state index contributed by atoms with van der Waals surface area (Å²) in [5, 5.41) is 7.23. The van der Waals surface area contributed by atoms with E-state index in [2.05, 4.69) is 15.6 Å². The number of methoxy groups -OCH3 is 1. The fourth-order valence-corrected chi connectivity index (χ4v) is 5.74. The Morgan fingerprint density at radius 2 is 1.87 bits per heavy atom. The van der Waals surface area contributed by atoms with Crippen LogP contribution in [0.1, 0.15) is 49.5 Å². The maximum Gasteiger partial charge on any atom is 0.410 e. The van der Waals surface area contributed by atoms with Gasteiger partial charge in [0.25, 0.3) is 5.91 Å². The number of likely N-dealkylation sites (tertiary alicyclic amines) is 1. The molecule has 3 heterocycles. The number of hydrogen-bond donors (Lipinski definition) is 2. The van der Waals surface area contributed by atoms with Crippen LogP contribution >= 0.6 is 0 Å². The van der Waals surface area contributed by atoms with Gasteiger partial charge < -0.3 is 29.7 Å². The van der Waals surface area contributed by atoms with Gasteiger partial charge in [-0.3, -0.25) is 4.79 Å². The summed E-state index contributed by atoms with van der Waals surface area (Å²) in [7, 11) is 1.51. The number of nitrogens with one attached hydrogen (secondary N) is 2. The largest absolute Gasteiger partial charge is 0.496 e. The first-order valence-electron chi connectivity index (χ1n) is 15.0. The van der Waals surface area contributed by atoms with Gasteiger partial charge in [0.1, 0.15) is 22.9 Å². The zero-order chi connectivity index (χ0) is 31.7. The van der Waals surface area contributed by atoms with Crippen LogP contribution in [0.15, 0.2) is 54.7 Å². The molecule has 4 aromatic rings. The molecule has 0 saturated carbocycles. The number of fused-ring (bicyclic) bond motifs is 2. The third kappa shape index (κ3) is 6.47. The molecule has 0 unspecified atom stereocenters. The molecule has 1 fully saturated rings. The van der Waals surface area contributed by atoms with Gasteiger partial charge >= 0.3 is 6.09 Å². The number of anilines is 2. The molecule has 6 rings (SSSR count). The van der Waals surface area contributed by atoms with Crippen molar-refractivity contribution in [3.8, 4) is 22.6 Å². The van der Waals surface area contributed by atoms with Crippen LogP contribution in [0.4, 0.5) is 20.8 Å². The summed E-state index contributed by atoms with van der Waals surface area (Å²) < 4.78 is 30.8. The van der Waals surface area contributed by atoms with Gasteiger partial charge in [-0.25, -0.2) is 19.2 Å². The van der Waals surface area contributed by atoms with Gasteiger partial charge in [0, 0.05) is 65.5 Å². The number of carbonyl (C=O) groups is 2. The number of piperidine rings is 1. The average Bonchev–Trinajstić information content (AvgIpc) is 3.51. The first kappa shape index (κ1) is 30.1. The molecule has 45 heavy (non-hydrogen) atoms. The molecular formula is C34H36FN5O5. The van der Waals surface area contributed by atoms with E-state index in [0.717, 1.165) is 16.5 Å². The lowest BCUT2D eigenvalue weighted by molar-refractivity contribution is 0.0199.